The highest BCUT2D eigenvalue weighted by Crippen LogP contribution is 2.28. The second-order valence-corrected chi connectivity index (χ2v) is 5.62. The van der Waals surface area contributed by atoms with Crippen LogP contribution in [0.25, 0.3) is 0 Å². The van der Waals surface area contributed by atoms with Gasteiger partial charge in [0.15, 0.2) is 0 Å². The number of anilines is 1. The quantitative estimate of drug-likeness (QED) is 0.537. The molecule has 0 spiro atoms. The first-order valence-electron chi connectivity index (χ1n) is 6.99. The molecule has 0 bridgehead atoms. The highest BCUT2D eigenvalue weighted by Gasteiger charge is 2.19. The highest BCUT2D eigenvalue weighted by atomic mass is 16.1. The molecule has 0 saturated heterocycles. The molecule has 0 amide bonds. The number of benzene rings is 1. The van der Waals surface area contributed by atoms with Gasteiger partial charge < -0.3 is 14.6 Å². The largest absolute Gasteiger partial charge is 0.378 e. The Morgan fingerprint density at radius 1 is 1.15 bits per heavy atom. The fourth-order valence-corrected chi connectivity index (χ4v) is 2.35. The summed E-state index contributed by atoms with van der Waals surface area (Å²) in [7, 11) is 8.18. The monoisotopic (exact) mass is 274 g/mol. The number of rotatable bonds is 8. The first kappa shape index (κ1) is 16.4. The normalized spacial score (nSPS) is 13.8. The van der Waals surface area contributed by atoms with Crippen molar-refractivity contribution in [1.82, 2.24) is 4.90 Å². The van der Waals surface area contributed by atoms with Crippen LogP contribution in [-0.4, -0.2) is 39.4 Å². The van der Waals surface area contributed by atoms with Crippen LogP contribution in [-0.2, 0) is 4.79 Å². The summed E-state index contributed by atoms with van der Waals surface area (Å²) in [6.07, 6.45) is 4.43. The summed E-state index contributed by atoms with van der Waals surface area (Å²) in [5, 5.41) is 0. The summed E-state index contributed by atoms with van der Waals surface area (Å²) in [4.78, 5) is 15.4. The van der Waals surface area contributed by atoms with Crippen molar-refractivity contribution < 1.29 is 4.79 Å². The Morgan fingerprint density at radius 2 is 1.75 bits per heavy atom. The van der Waals surface area contributed by atoms with Crippen LogP contribution >= 0.6 is 0 Å². The van der Waals surface area contributed by atoms with E-state index in [0.29, 0.717) is 0 Å². The van der Waals surface area contributed by atoms with Crippen molar-refractivity contribution in [3.05, 3.63) is 42.5 Å². The van der Waals surface area contributed by atoms with Gasteiger partial charge in [0.2, 0.25) is 0 Å². The SMILES string of the molecule is C=CCC(C=O)CC(c1ccc(N(C)C)cc1)N(C)C. The number of allylic oxidation sites excluding steroid dienone is 1. The molecule has 3 heteroatoms. The molecule has 0 aliphatic heterocycles. The molecule has 0 fully saturated rings. The lowest BCUT2D eigenvalue weighted by atomic mass is 9.92. The Labute approximate surface area is 122 Å². The van der Waals surface area contributed by atoms with Crippen LogP contribution in [0.5, 0.6) is 0 Å². The van der Waals surface area contributed by atoms with Crippen LogP contribution in [0.4, 0.5) is 5.69 Å². The van der Waals surface area contributed by atoms with Gasteiger partial charge in [0.1, 0.15) is 6.29 Å². The molecule has 0 aliphatic rings. The predicted octanol–water partition coefficient (Wildman–Crippen LogP) is 3.14. The molecule has 1 rings (SSSR count). The summed E-state index contributed by atoms with van der Waals surface area (Å²) in [6.45, 7) is 3.73. The van der Waals surface area contributed by atoms with E-state index in [1.165, 1.54) is 11.3 Å². The van der Waals surface area contributed by atoms with E-state index in [9.17, 15) is 4.79 Å². The van der Waals surface area contributed by atoms with E-state index >= 15 is 0 Å². The van der Waals surface area contributed by atoms with Crippen molar-refractivity contribution in [2.24, 2.45) is 5.92 Å². The zero-order valence-corrected chi connectivity index (χ0v) is 13.0. The molecule has 1 aromatic carbocycles. The van der Waals surface area contributed by atoms with Gasteiger partial charge in [-0.05, 0) is 44.6 Å². The van der Waals surface area contributed by atoms with Crippen molar-refractivity contribution in [2.75, 3.05) is 33.1 Å². The van der Waals surface area contributed by atoms with Crippen LogP contribution in [0, 0.1) is 5.92 Å². The Balaban J connectivity index is 2.89. The Kier molecular flexibility index (Phi) is 6.46. The molecule has 2 unspecified atom stereocenters. The molecule has 0 aromatic heterocycles. The molecule has 0 radical (unpaired) electrons. The molecule has 0 saturated carbocycles. The van der Waals surface area contributed by atoms with Gasteiger partial charge in [-0.25, -0.2) is 0 Å². The molecule has 110 valence electrons. The van der Waals surface area contributed by atoms with Crippen molar-refractivity contribution in [2.45, 2.75) is 18.9 Å². The van der Waals surface area contributed by atoms with Crippen LogP contribution < -0.4 is 4.90 Å². The maximum Gasteiger partial charge on any atom is 0.123 e. The number of carbonyl (C=O) groups is 1. The highest BCUT2D eigenvalue weighted by molar-refractivity contribution is 5.54. The summed E-state index contributed by atoms with van der Waals surface area (Å²) < 4.78 is 0. The third-order valence-electron chi connectivity index (χ3n) is 3.61. The van der Waals surface area contributed by atoms with Gasteiger partial charge in [0.05, 0.1) is 0 Å². The van der Waals surface area contributed by atoms with Crippen LogP contribution in [0.2, 0.25) is 0 Å². The summed E-state index contributed by atoms with van der Waals surface area (Å²) >= 11 is 0. The first-order valence-corrected chi connectivity index (χ1v) is 6.99. The molecule has 1 aromatic rings. The summed E-state index contributed by atoms with van der Waals surface area (Å²) in [5.74, 6) is 0.0356. The first-order chi connectivity index (χ1) is 9.49. The van der Waals surface area contributed by atoms with E-state index in [4.69, 9.17) is 0 Å². The maximum atomic E-state index is 11.2. The number of hydrogen-bond donors (Lipinski definition) is 0. The van der Waals surface area contributed by atoms with Gasteiger partial charge in [-0.3, -0.25) is 0 Å². The van der Waals surface area contributed by atoms with Gasteiger partial charge in [-0.1, -0.05) is 18.2 Å². The Bertz CT molecular complexity index is 423. The molecular weight excluding hydrogens is 248 g/mol. The van der Waals surface area contributed by atoms with Gasteiger partial charge in [-0.2, -0.15) is 0 Å². The van der Waals surface area contributed by atoms with Gasteiger partial charge in [0.25, 0.3) is 0 Å². The zero-order chi connectivity index (χ0) is 15.1. The standard InChI is InChI=1S/C17H26N2O/c1-6-7-14(13-20)12-17(19(4)5)15-8-10-16(11-9-15)18(2)3/h6,8-11,13-14,17H,1,7,12H2,2-5H3. The van der Waals surface area contributed by atoms with Crippen LogP contribution in [0.15, 0.2) is 36.9 Å². The van der Waals surface area contributed by atoms with E-state index in [1.807, 2.05) is 20.2 Å². The minimum absolute atomic E-state index is 0.0356. The fourth-order valence-electron chi connectivity index (χ4n) is 2.35. The minimum atomic E-state index is 0.0356. The summed E-state index contributed by atoms with van der Waals surface area (Å²) in [5.41, 5.74) is 2.43. The summed E-state index contributed by atoms with van der Waals surface area (Å²) in [6, 6.07) is 8.79. The number of nitrogens with zero attached hydrogens (tertiary/aromatic N) is 2. The van der Waals surface area contributed by atoms with Crippen molar-refractivity contribution in [1.29, 1.82) is 0 Å². The third-order valence-corrected chi connectivity index (χ3v) is 3.61. The topological polar surface area (TPSA) is 23.6 Å². The Hall–Kier alpha value is -1.61. The van der Waals surface area contributed by atoms with Crippen molar-refractivity contribution in [3.8, 4) is 0 Å². The number of aldehydes is 1. The molecule has 0 aliphatic carbocycles. The van der Waals surface area contributed by atoms with Crippen molar-refractivity contribution in [3.63, 3.8) is 0 Å². The zero-order valence-electron chi connectivity index (χ0n) is 13.0. The van der Waals surface area contributed by atoms with E-state index in [1.54, 1.807) is 0 Å². The third kappa shape index (κ3) is 4.49. The van der Waals surface area contributed by atoms with E-state index in [-0.39, 0.29) is 12.0 Å². The van der Waals surface area contributed by atoms with E-state index in [2.05, 4.69) is 54.7 Å². The number of carbonyl (C=O) groups excluding carboxylic acids is 1. The molecule has 3 nitrogen and oxygen atoms in total. The van der Waals surface area contributed by atoms with E-state index in [0.717, 1.165) is 19.1 Å². The maximum absolute atomic E-state index is 11.2. The average molecular weight is 274 g/mol. The minimum Gasteiger partial charge on any atom is -0.378 e. The predicted molar refractivity (Wildman–Crippen MR) is 86.2 cm³/mol. The van der Waals surface area contributed by atoms with Gasteiger partial charge in [-0.15, -0.1) is 6.58 Å². The molecular formula is C17H26N2O. The van der Waals surface area contributed by atoms with Gasteiger partial charge >= 0.3 is 0 Å². The van der Waals surface area contributed by atoms with Crippen molar-refractivity contribution >= 4 is 12.0 Å². The Morgan fingerprint density at radius 3 is 2.15 bits per heavy atom. The van der Waals surface area contributed by atoms with Crippen LogP contribution in [0.3, 0.4) is 0 Å². The van der Waals surface area contributed by atoms with Crippen LogP contribution in [0.1, 0.15) is 24.4 Å². The fraction of sp³-hybridized carbons (Fsp3) is 0.471. The smallest absolute Gasteiger partial charge is 0.123 e. The number of hydrogen-bond acceptors (Lipinski definition) is 3. The van der Waals surface area contributed by atoms with Gasteiger partial charge in [0, 0.05) is 31.7 Å². The lowest BCUT2D eigenvalue weighted by molar-refractivity contribution is -0.111. The average Bonchev–Trinajstić information content (AvgIpc) is 2.43. The lowest BCUT2D eigenvalue weighted by Gasteiger charge is -2.27. The molecule has 0 heterocycles. The van der Waals surface area contributed by atoms with E-state index < -0.39 is 0 Å². The molecule has 20 heavy (non-hydrogen) atoms. The molecule has 0 N–H and O–H groups in total. The molecule has 2 atom stereocenters. The second kappa shape index (κ2) is 7.85. The second-order valence-electron chi connectivity index (χ2n) is 5.62. The lowest BCUT2D eigenvalue weighted by Crippen LogP contribution is -2.23.